The molecule has 2 aromatic heterocycles. The van der Waals surface area contributed by atoms with Crippen LogP contribution in [0.3, 0.4) is 0 Å². The third-order valence-corrected chi connectivity index (χ3v) is 2.59. The summed E-state index contributed by atoms with van der Waals surface area (Å²) in [5, 5.41) is 7.49. The van der Waals surface area contributed by atoms with Gasteiger partial charge in [0, 0.05) is 0 Å². The van der Waals surface area contributed by atoms with Crippen LogP contribution in [0.1, 0.15) is 16.2 Å². The number of carbonyl (C=O) groups is 1. The maximum Gasteiger partial charge on any atom is 0.338 e. The molecule has 0 bridgehead atoms. The first-order valence-corrected chi connectivity index (χ1v) is 6.01. The molecule has 3 aromatic rings. The zero-order valence-corrected chi connectivity index (χ0v) is 10.7. The van der Waals surface area contributed by atoms with Gasteiger partial charge in [0.25, 0.3) is 11.8 Å². The van der Waals surface area contributed by atoms with E-state index >= 15 is 0 Å². The van der Waals surface area contributed by atoms with E-state index < -0.39 is 11.8 Å². The quantitative estimate of drug-likeness (QED) is 0.687. The van der Waals surface area contributed by atoms with Crippen LogP contribution >= 0.6 is 0 Å². The number of rotatable bonds is 4. The second-order valence-electron chi connectivity index (χ2n) is 4.06. The Hall–Kier alpha value is -2.96. The summed E-state index contributed by atoms with van der Waals surface area (Å²) in [5.41, 5.74) is 0.112. The number of hydrogen-bond donors (Lipinski definition) is 0. The monoisotopic (exact) mass is 288 g/mol. The van der Waals surface area contributed by atoms with Gasteiger partial charge in [0.15, 0.2) is 12.4 Å². The Morgan fingerprint density at radius 2 is 2.14 bits per heavy atom. The van der Waals surface area contributed by atoms with Gasteiger partial charge in [-0.1, -0.05) is 6.07 Å². The maximum absolute atomic E-state index is 13.0. The molecule has 2 heterocycles. The summed E-state index contributed by atoms with van der Waals surface area (Å²) in [6.07, 6.45) is 1.48. The number of benzene rings is 1. The molecule has 0 spiro atoms. The Morgan fingerprint density at radius 1 is 1.24 bits per heavy atom. The van der Waals surface area contributed by atoms with Crippen LogP contribution in [0.25, 0.3) is 11.7 Å². The van der Waals surface area contributed by atoms with Gasteiger partial charge in [-0.25, -0.2) is 9.18 Å². The molecule has 3 rings (SSSR count). The number of nitrogens with zero attached hydrogens (tertiary/aromatic N) is 2. The number of aromatic nitrogens is 2. The third-order valence-electron chi connectivity index (χ3n) is 2.59. The number of furan rings is 1. The molecule has 0 aliphatic carbocycles. The molecule has 0 aliphatic rings. The number of ether oxygens (including phenoxy) is 1. The van der Waals surface area contributed by atoms with Gasteiger partial charge in [-0.15, -0.1) is 10.2 Å². The van der Waals surface area contributed by atoms with Gasteiger partial charge in [0.2, 0.25) is 0 Å². The van der Waals surface area contributed by atoms with Crippen LogP contribution in [-0.2, 0) is 11.3 Å². The Kier molecular flexibility index (Phi) is 3.46. The van der Waals surface area contributed by atoms with E-state index in [4.69, 9.17) is 13.6 Å². The Labute approximate surface area is 118 Å². The first kappa shape index (κ1) is 13.0. The van der Waals surface area contributed by atoms with E-state index in [0.29, 0.717) is 5.76 Å². The molecular formula is C14H9FN2O4. The van der Waals surface area contributed by atoms with E-state index in [2.05, 4.69) is 10.2 Å². The van der Waals surface area contributed by atoms with E-state index in [9.17, 15) is 9.18 Å². The number of halogens is 1. The molecule has 7 heteroatoms. The van der Waals surface area contributed by atoms with Crippen molar-refractivity contribution in [1.29, 1.82) is 0 Å². The third kappa shape index (κ3) is 2.97. The molecule has 0 saturated carbocycles. The number of hydrogen-bond acceptors (Lipinski definition) is 6. The van der Waals surface area contributed by atoms with Crippen molar-refractivity contribution in [3.05, 3.63) is 59.9 Å². The maximum atomic E-state index is 13.0. The second kappa shape index (κ2) is 5.58. The summed E-state index contributed by atoms with van der Waals surface area (Å²) in [5.74, 6) is -0.456. The molecule has 0 radical (unpaired) electrons. The molecular weight excluding hydrogens is 279 g/mol. The van der Waals surface area contributed by atoms with Crippen LogP contribution in [0.2, 0.25) is 0 Å². The minimum Gasteiger partial charge on any atom is -0.459 e. The van der Waals surface area contributed by atoms with Crippen molar-refractivity contribution in [2.24, 2.45) is 0 Å². The zero-order valence-electron chi connectivity index (χ0n) is 10.7. The summed E-state index contributed by atoms with van der Waals surface area (Å²) in [7, 11) is 0. The Bertz CT molecular complexity index is 752. The number of carbonyl (C=O) groups excluding carboxylic acids is 1. The van der Waals surface area contributed by atoms with Crippen molar-refractivity contribution in [3.63, 3.8) is 0 Å². The van der Waals surface area contributed by atoms with E-state index in [0.717, 1.165) is 6.07 Å². The average Bonchev–Trinajstić information content (AvgIpc) is 3.15. The summed E-state index contributed by atoms with van der Waals surface area (Å²) >= 11 is 0. The van der Waals surface area contributed by atoms with Crippen molar-refractivity contribution in [2.75, 3.05) is 0 Å². The van der Waals surface area contributed by atoms with E-state index in [1.807, 2.05) is 0 Å². The molecule has 0 aliphatic heterocycles. The Morgan fingerprint density at radius 3 is 2.90 bits per heavy atom. The molecule has 0 atom stereocenters. The van der Waals surface area contributed by atoms with E-state index in [1.54, 1.807) is 12.1 Å². The predicted molar refractivity (Wildman–Crippen MR) is 67.5 cm³/mol. The zero-order chi connectivity index (χ0) is 14.7. The van der Waals surface area contributed by atoms with Crippen LogP contribution in [-0.4, -0.2) is 16.2 Å². The van der Waals surface area contributed by atoms with Crippen molar-refractivity contribution in [1.82, 2.24) is 10.2 Å². The summed E-state index contributed by atoms with van der Waals surface area (Å²) in [6, 6.07) is 8.55. The lowest BCUT2D eigenvalue weighted by Gasteiger charge is -2.01. The van der Waals surface area contributed by atoms with E-state index in [-0.39, 0.29) is 24.0 Å². The van der Waals surface area contributed by atoms with Gasteiger partial charge in [-0.05, 0) is 30.3 Å². The van der Waals surface area contributed by atoms with Crippen LogP contribution in [0.15, 0.2) is 51.5 Å². The van der Waals surface area contributed by atoms with Gasteiger partial charge in [0.1, 0.15) is 5.82 Å². The van der Waals surface area contributed by atoms with Gasteiger partial charge >= 0.3 is 5.97 Å². The minimum absolute atomic E-state index is 0.112. The molecule has 1 aromatic carbocycles. The van der Waals surface area contributed by atoms with Crippen molar-refractivity contribution in [3.8, 4) is 11.7 Å². The number of esters is 1. The summed E-state index contributed by atoms with van der Waals surface area (Å²) in [4.78, 5) is 11.7. The smallest absolute Gasteiger partial charge is 0.338 e. The fraction of sp³-hybridized carbons (Fsp3) is 0.0714. The lowest BCUT2D eigenvalue weighted by atomic mass is 10.2. The first-order chi connectivity index (χ1) is 10.2. The summed E-state index contributed by atoms with van der Waals surface area (Å²) in [6.45, 7) is -0.205. The topological polar surface area (TPSA) is 78.4 Å². The fourth-order valence-electron chi connectivity index (χ4n) is 1.64. The SMILES string of the molecule is O=C(OCc1nnc(-c2ccco2)o1)c1cccc(F)c1. The standard InChI is InChI=1S/C14H9FN2O4/c15-10-4-1-3-9(7-10)14(18)20-8-12-16-17-13(21-12)11-5-2-6-19-11/h1-7H,8H2. The molecule has 0 amide bonds. The van der Waals surface area contributed by atoms with E-state index in [1.165, 1.54) is 24.5 Å². The highest BCUT2D eigenvalue weighted by Crippen LogP contribution is 2.18. The molecule has 0 fully saturated rings. The lowest BCUT2D eigenvalue weighted by molar-refractivity contribution is 0.0438. The summed E-state index contributed by atoms with van der Waals surface area (Å²) < 4.78 is 28.3. The van der Waals surface area contributed by atoms with Crippen molar-refractivity contribution in [2.45, 2.75) is 6.61 Å². The largest absolute Gasteiger partial charge is 0.459 e. The van der Waals surface area contributed by atoms with Crippen LogP contribution in [0.5, 0.6) is 0 Å². The Balaban J connectivity index is 1.64. The van der Waals surface area contributed by atoms with Crippen LogP contribution in [0, 0.1) is 5.82 Å². The van der Waals surface area contributed by atoms with Crippen LogP contribution in [0.4, 0.5) is 4.39 Å². The normalized spacial score (nSPS) is 10.5. The first-order valence-electron chi connectivity index (χ1n) is 6.01. The van der Waals surface area contributed by atoms with Crippen LogP contribution < -0.4 is 0 Å². The van der Waals surface area contributed by atoms with Gasteiger partial charge < -0.3 is 13.6 Å². The molecule has 0 unspecified atom stereocenters. The minimum atomic E-state index is -0.674. The van der Waals surface area contributed by atoms with Gasteiger partial charge in [-0.3, -0.25) is 0 Å². The highest BCUT2D eigenvalue weighted by Gasteiger charge is 2.13. The van der Waals surface area contributed by atoms with Gasteiger partial charge in [-0.2, -0.15) is 0 Å². The highest BCUT2D eigenvalue weighted by molar-refractivity contribution is 5.89. The molecule has 21 heavy (non-hydrogen) atoms. The lowest BCUT2D eigenvalue weighted by Crippen LogP contribution is -2.05. The fourth-order valence-corrected chi connectivity index (χ4v) is 1.64. The predicted octanol–water partition coefficient (Wildman–Crippen LogP) is 2.83. The second-order valence-corrected chi connectivity index (χ2v) is 4.06. The van der Waals surface area contributed by atoms with Crippen molar-refractivity contribution < 1.29 is 22.8 Å². The molecule has 6 nitrogen and oxygen atoms in total. The van der Waals surface area contributed by atoms with Crippen molar-refractivity contribution >= 4 is 5.97 Å². The average molecular weight is 288 g/mol. The molecule has 0 N–H and O–H groups in total. The molecule has 106 valence electrons. The highest BCUT2D eigenvalue weighted by atomic mass is 19.1. The van der Waals surface area contributed by atoms with Gasteiger partial charge in [0.05, 0.1) is 11.8 Å². The molecule has 0 saturated heterocycles.